The van der Waals surface area contributed by atoms with E-state index in [0.29, 0.717) is 19.0 Å². The Kier molecular flexibility index (Phi) is 4.22. The summed E-state index contributed by atoms with van der Waals surface area (Å²) in [5.74, 6) is -2.46. The number of nitrogens with zero attached hydrogens (tertiary/aromatic N) is 1. The van der Waals surface area contributed by atoms with Gasteiger partial charge in [0.2, 0.25) is 0 Å². The highest BCUT2D eigenvalue weighted by molar-refractivity contribution is 5.95. The van der Waals surface area contributed by atoms with Crippen LogP contribution in [0.4, 0.5) is 17.6 Å². The minimum absolute atomic E-state index is 0.136. The lowest BCUT2D eigenvalue weighted by molar-refractivity contribution is -0.140. The Labute approximate surface area is 119 Å². The number of alkyl halides is 3. The van der Waals surface area contributed by atoms with Gasteiger partial charge in [-0.05, 0) is 25.5 Å². The molecule has 1 aliphatic rings. The van der Waals surface area contributed by atoms with Gasteiger partial charge in [0, 0.05) is 19.0 Å². The summed E-state index contributed by atoms with van der Waals surface area (Å²) >= 11 is 0. The Hall–Kier alpha value is -1.63. The van der Waals surface area contributed by atoms with Crippen molar-refractivity contribution >= 4 is 5.91 Å². The molecule has 1 aromatic rings. The van der Waals surface area contributed by atoms with Gasteiger partial charge in [-0.25, -0.2) is 4.39 Å². The lowest BCUT2D eigenvalue weighted by atomic mass is 10.0. The number of carbonyl (C=O) groups is 1. The second kappa shape index (κ2) is 5.63. The smallest absolute Gasteiger partial charge is 0.393 e. The van der Waals surface area contributed by atoms with Crippen LogP contribution in [-0.4, -0.2) is 35.1 Å². The topological polar surface area (TPSA) is 40.5 Å². The zero-order valence-corrected chi connectivity index (χ0v) is 11.3. The average molecular weight is 305 g/mol. The summed E-state index contributed by atoms with van der Waals surface area (Å²) in [6, 6.07) is 2.67. The van der Waals surface area contributed by atoms with E-state index in [4.69, 9.17) is 0 Å². The Balaban J connectivity index is 2.25. The number of halogens is 4. The monoisotopic (exact) mass is 305 g/mol. The van der Waals surface area contributed by atoms with Crippen molar-refractivity contribution in [2.75, 3.05) is 13.1 Å². The quantitative estimate of drug-likeness (QED) is 0.854. The minimum atomic E-state index is -4.84. The number of rotatable bonds is 2. The normalized spacial score (nSPS) is 20.7. The molecule has 1 heterocycles. The fraction of sp³-hybridized carbons (Fsp3) is 0.500. The van der Waals surface area contributed by atoms with E-state index in [1.54, 1.807) is 6.92 Å². The maximum Gasteiger partial charge on any atom is 0.419 e. The number of hydrogen-bond donors (Lipinski definition) is 1. The third kappa shape index (κ3) is 3.18. The molecule has 0 radical (unpaired) electrons. The first kappa shape index (κ1) is 15.8. The van der Waals surface area contributed by atoms with Crippen molar-refractivity contribution in [2.24, 2.45) is 5.92 Å². The Bertz CT molecular complexity index is 542. The van der Waals surface area contributed by atoms with Crippen LogP contribution in [0.15, 0.2) is 18.2 Å². The predicted molar refractivity (Wildman–Crippen MR) is 67.1 cm³/mol. The fourth-order valence-electron chi connectivity index (χ4n) is 2.45. The summed E-state index contributed by atoms with van der Waals surface area (Å²) in [4.78, 5) is 13.4. The summed E-state index contributed by atoms with van der Waals surface area (Å²) in [7, 11) is 0. The fourth-order valence-corrected chi connectivity index (χ4v) is 2.45. The van der Waals surface area contributed by atoms with Crippen LogP contribution in [-0.2, 0) is 6.18 Å². The molecule has 21 heavy (non-hydrogen) atoms. The number of amides is 1. The van der Waals surface area contributed by atoms with Gasteiger partial charge in [0.05, 0.1) is 17.2 Å². The van der Waals surface area contributed by atoms with Gasteiger partial charge >= 0.3 is 6.18 Å². The first-order valence-electron chi connectivity index (χ1n) is 6.55. The molecule has 1 N–H and O–H groups in total. The Morgan fingerprint density at radius 1 is 1.43 bits per heavy atom. The van der Waals surface area contributed by atoms with Crippen molar-refractivity contribution in [1.82, 2.24) is 4.90 Å². The van der Waals surface area contributed by atoms with Crippen LogP contribution in [0.5, 0.6) is 0 Å². The highest BCUT2D eigenvalue weighted by atomic mass is 19.4. The largest absolute Gasteiger partial charge is 0.419 e. The van der Waals surface area contributed by atoms with Gasteiger partial charge in [0.1, 0.15) is 5.82 Å². The first-order chi connectivity index (χ1) is 9.71. The van der Waals surface area contributed by atoms with E-state index in [2.05, 4.69) is 0 Å². The number of benzene rings is 1. The van der Waals surface area contributed by atoms with Crippen molar-refractivity contribution in [3.8, 4) is 0 Å². The molecule has 0 aliphatic carbocycles. The molecule has 0 spiro atoms. The first-order valence-corrected chi connectivity index (χ1v) is 6.55. The second-order valence-corrected chi connectivity index (χ2v) is 5.21. The molecular formula is C14H15F4NO2. The molecule has 2 rings (SSSR count). The van der Waals surface area contributed by atoms with E-state index in [-0.39, 0.29) is 12.5 Å². The molecule has 2 unspecified atom stereocenters. The summed E-state index contributed by atoms with van der Waals surface area (Å²) in [5, 5.41) is 9.47. The molecule has 2 atom stereocenters. The van der Waals surface area contributed by atoms with Gasteiger partial charge in [-0.1, -0.05) is 6.07 Å². The van der Waals surface area contributed by atoms with Crippen LogP contribution in [0, 0.1) is 11.7 Å². The standard InChI is InChI=1S/C14H15F4NO2/c1-8(20)9-5-6-19(7-9)13(21)10-3-2-4-11(12(10)15)14(16,17)18/h2-4,8-9,20H,5-7H2,1H3. The van der Waals surface area contributed by atoms with E-state index >= 15 is 0 Å². The van der Waals surface area contributed by atoms with Gasteiger partial charge in [-0.2, -0.15) is 13.2 Å². The van der Waals surface area contributed by atoms with Crippen LogP contribution < -0.4 is 0 Å². The SMILES string of the molecule is CC(O)C1CCN(C(=O)c2cccc(C(F)(F)F)c2F)C1. The molecule has 0 bridgehead atoms. The van der Waals surface area contributed by atoms with Gasteiger partial charge < -0.3 is 10.0 Å². The average Bonchev–Trinajstić information content (AvgIpc) is 2.86. The summed E-state index contributed by atoms with van der Waals surface area (Å²) < 4.78 is 51.8. The lowest BCUT2D eigenvalue weighted by Crippen LogP contribution is -2.31. The summed E-state index contributed by atoms with van der Waals surface area (Å²) in [6.07, 6.45) is -4.91. The highest BCUT2D eigenvalue weighted by Gasteiger charge is 2.37. The number of carbonyl (C=O) groups excluding carboxylic acids is 1. The number of hydrogen-bond acceptors (Lipinski definition) is 2. The van der Waals surface area contributed by atoms with E-state index in [9.17, 15) is 27.5 Å². The molecule has 0 aromatic heterocycles. The maximum atomic E-state index is 13.9. The zero-order valence-electron chi connectivity index (χ0n) is 11.3. The number of aliphatic hydroxyl groups excluding tert-OH is 1. The van der Waals surface area contributed by atoms with Crippen molar-refractivity contribution in [3.05, 3.63) is 35.1 Å². The zero-order chi connectivity index (χ0) is 15.8. The van der Waals surface area contributed by atoms with Crippen LogP contribution in [0.1, 0.15) is 29.3 Å². The molecule has 0 saturated carbocycles. The van der Waals surface area contributed by atoms with Crippen LogP contribution in [0.25, 0.3) is 0 Å². The van der Waals surface area contributed by atoms with Gasteiger partial charge in [-0.15, -0.1) is 0 Å². The Morgan fingerprint density at radius 2 is 2.10 bits per heavy atom. The number of likely N-dealkylation sites (tertiary alicyclic amines) is 1. The molecule has 3 nitrogen and oxygen atoms in total. The molecule has 1 amide bonds. The van der Waals surface area contributed by atoms with E-state index < -0.39 is 35.1 Å². The van der Waals surface area contributed by atoms with E-state index in [0.717, 1.165) is 12.1 Å². The third-order valence-corrected chi connectivity index (χ3v) is 3.73. The molecule has 7 heteroatoms. The maximum absolute atomic E-state index is 13.9. The molecule has 1 aromatic carbocycles. The van der Waals surface area contributed by atoms with Crippen LogP contribution in [0.3, 0.4) is 0 Å². The van der Waals surface area contributed by atoms with Gasteiger partial charge in [-0.3, -0.25) is 4.79 Å². The molecule has 1 aliphatic heterocycles. The molecule has 116 valence electrons. The molecule has 1 fully saturated rings. The van der Waals surface area contributed by atoms with Crippen LogP contribution >= 0.6 is 0 Å². The molecule has 1 saturated heterocycles. The Morgan fingerprint density at radius 3 is 2.62 bits per heavy atom. The lowest BCUT2D eigenvalue weighted by Gasteiger charge is -2.19. The van der Waals surface area contributed by atoms with E-state index in [1.165, 1.54) is 4.90 Å². The minimum Gasteiger partial charge on any atom is -0.393 e. The number of aliphatic hydroxyl groups is 1. The summed E-state index contributed by atoms with van der Waals surface area (Å²) in [5.41, 5.74) is -2.03. The predicted octanol–water partition coefficient (Wildman–Crippen LogP) is 2.69. The van der Waals surface area contributed by atoms with Crippen molar-refractivity contribution < 1.29 is 27.5 Å². The van der Waals surface area contributed by atoms with Gasteiger partial charge in [0.15, 0.2) is 0 Å². The molecular weight excluding hydrogens is 290 g/mol. The van der Waals surface area contributed by atoms with Crippen LogP contribution in [0.2, 0.25) is 0 Å². The third-order valence-electron chi connectivity index (χ3n) is 3.73. The van der Waals surface area contributed by atoms with E-state index in [1.807, 2.05) is 0 Å². The van der Waals surface area contributed by atoms with Crippen molar-refractivity contribution in [1.29, 1.82) is 0 Å². The van der Waals surface area contributed by atoms with Gasteiger partial charge in [0.25, 0.3) is 5.91 Å². The second-order valence-electron chi connectivity index (χ2n) is 5.21. The van der Waals surface area contributed by atoms with Crippen molar-refractivity contribution in [3.63, 3.8) is 0 Å². The van der Waals surface area contributed by atoms with Crippen molar-refractivity contribution in [2.45, 2.75) is 25.6 Å². The highest BCUT2D eigenvalue weighted by Crippen LogP contribution is 2.33. The summed E-state index contributed by atoms with van der Waals surface area (Å²) in [6.45, 7) is 2.10.